The van der Waals surface area contributed by atoms with Crippen LogP contribution in [0.15, 0.2) is 78.9 Å². The van der Waals surface area contributed by atoms with Crippen molar-refractivity contribution < 1.29 is 29.0 Å². The fourth-order valence-corrected chi connectivity index (χ4v) is 2.84. The van der Waals surface area contributed by atoms with E-state index in [0.29, 0.717) is 0 Å². The molecule has 158 valence electrons. The average molecular weight is 419 g/mol. The first-order valence-electron chi connectivity index (χ1n) is 9.56. The number of aliphatic carboxylic acids is 1. The lowest BCUT2D eigenvalue weighted by molar-refractivity contribution is -0.138. The molecule has 2 N–H and O–H groups in total. The number of benzene rings is 3. The van der Waals surface area contributed by atoms with Gasteiger partial charge in [-0.05, 0) is 30.7 Å². The van der Waals surface area contributed by atoms with Crippen LogP contribution in [-0.2, 0) is 16.1 Å². The Morgan fingerprint density at radius 3 is 2.19 bits per heavy atom. The largest absolute Gasteiger partial charge is 0.481 e. The van der Waals surface area contributed by atoms with Crippen molar-refractivity contribution in [3.05, 3.63) is 95.6 Å². The first-order valence-corrected chi connectivity index (χ1v) is 9.56. The summed E-state index contributed by atoms with van der Waals surface area (Å²) in [6, 6.07) is 22.0. The van der Waals surface area contributed by atoms with Crippen molar-refractivity contribution >= 4 is 23.7 Å². The molecule has 0 aromatic heterocycles. The number of hydrogen-bond donors (Lipinski definition) is 2. The van der Waals surface area contributed by atoms with E-state index >= 15 is 0 Å². The standard InChI is InChI=1S/C24H21NO6/c1-16(22(26)27)19-13-8-14-20(21(19)31-23(28)18-11-6-3-7-12-18)25-24(29)30-15-17-9-4-2-5-10-17/h2-14,16H,15H2,1H3,(H,25,29)(H,26,27). The molecule has 1 amide bonds. The van der Waals surface area contributed by atoms with Gasteiger partial charge in [0.2, 0.25) is 0 Å². The van der Waals surface area contributed by atoms with Crippen LogP contribution in [0.5, 0.6) is 5.75 Å². The van der Waals surface area contributed by atoms with Gasteiger partial charge in [-0.2, -0.15) is 0 Å². The maximum absolute atomic E-state index is 12.6. The van der Waals surface area contributed by atoms with Crippen LogP contribution in [0.3, 0.4) is 0 Å². The molecule has 0 bridgehead atoms. The number of esters is 1. The normalized spacial score (nSPS) is 11.3. The van der Waals surface area contributed by atoms with Gasteiger partial charge in [-0.25, -0.2) is 9.59 Å². The van der Waals surface area contributed by atoms with Gasteiger partial charge in [0.15, 0.2) is 5.75 Å². The van der Waals surface area contributed by atoms with Crippen molar-refractivity contribution in [2.45, 2.75) is 19.4 Å². The van der Waals surface area contributed by atoms with Gasteiger partial charge in [-0.15, -0.1) is 0 Å². The van der Waals surface area contributed by atoms with E-state index in [9.17, 15) is 19.5 Å². The maximum Gasteiger partial charge on any atom is 0.412 e. The van der Waals surface area contributed by atoms with Crippen molar-refractivity contribution in [3.8, 4) is 5.75 Å². The fraction of sp³-hybridized carbons (Fsp3) is 0.125. The maximum atomic E-state index is 12.6. The fourth-order valence-electron chi connectivity index (χ4n) is 2.84. The van der Waals surface area contributed by atoms with E-state index in [-0.39, 0.29) is 29.2 Å². The van der Waals surface area contributed by atoms with Crippen molar-refractivity contribution in [1.29, 1.82) is 0 Å². The van der Waals surface area contributed by atoms with Gasteiger partial charge in [0.1, 0.15) is 6.61 Å². The molecule has 1 unspecified atom stereocenters. The summed E-state index contributed by atoms with van der Waals surface area (Å²) in [7, 11) is 0. The smallest absolute Gasteiger partial charge is 0.412 e. The molecule has 0 saturated carbocycles. The van der Waals surface area contributed by atoms with Gasteiger partial charge >= 0.3 is 18.0 Å². The van der Waals surface area contributed by atoms with Crippen LogP contribution in [0.25, 0.3) is 0 Å². The summed E-state index contributed by atoms with van der Waals surface area (Å²) in [5.41, 5.74) is 1.48. The average Bonchev–Trinajstić information content (AvgIpc) is 2.79. The van der Waals surface area contributed by atoms with Gasteiger partial charge in [-0.1, -0.05) is 60.7 Å². The quantitative estimate of drug-likeness (QED) is 0.420. The zero-order chi connectivity index (χ0) is 22.2. The Bertz CT molecular complexity index is 1070. The number of anilines is 1. The molecule has 1 atom stereocenters. The van der Waals surface area contributed by atoms with Crippen molar-refractivity contribution in [2.24, 2.45) is 0 Å². The summed E-state index contributed by atoms with van der Waals surface area (Å²) >= 11 is 0. The molecule has 0 heterocycles. The number of hydrogen-bond acceptors (Lipinski definition) is 5. The van der Waals surface area contributed by atoms with Crippen molar-refractivity contribution in [1.82, 2.24) is 0 Å². The zero-order valence-electron chi connectivity index (χ0n) is 16.8. The lowest BCUT2D eigenvalue weighted by Gasteiger charge is -2.17. The highest BCUT2D eigenvalue weighted by atomic mass is 16.6. The SMILES string of the molecule is CC(C(=O)O)c1cccc(NC(=O)OCc2ccccc2)c1OC(=O)c1ccccc1. The predicted octanol–water partition coefficient (Wildman–Crippen LogP) is 4.84. The number of carboxylic acid groups (broad SMARTS) is 1. The molecule has 0 aliphatic carbocycles. The first-order chi connectivity index (χ1) is 15.0. The number of carboxylic acids is 1. The number of carbonyl (C=O) groups is 3. The molecule has 0 aliphatic heterocycles. The summed E-state index contributed by atoms with van der Waals surface area (Å²) in [5.74, 6) is -2.78. The number of amides is 1. The minimum absolute atomic E-state index is 0.0390. The molecule has 3 aromatic rings. The zero-order valence-corrected chi connectivity index (χ0v) is 16.8. The molecule has 3 rings (SSSR count). The van der Waals surface area contributed by atoms with Crippen molar-refractivity contribution in [3.63, 3.8) is 0 Å². The van der Waals surface area contributed by atoms with Crippen LogP contribution < -0.4 is 10.1 Å². The van der Waals surface area contributed by atoms with E-state index < -0.39 is 23.9 Å². The minimum atomic E-state index is -1.10. The third-order valence-electron chi connectivity index (χ3n) is 4.54. The van der Waals surface area contributed by atoms with E-state index in [4.69, 9.17) is 9.47 Å². The number of rotatable bonds is 7. The summed E-state index contributed by atoms with van der Waals surface area (Å²) in [5, 5.41) is 12.0. The van der Waals surface area contributed by atoms with Crippen LogP contribution in [-0.4, -0.2) is 23.1 Å². The third kappa shape index (κ3) is 5.70. The third-order valence-corrected chi connectivity index (χ3v) is 4.54. The van der Waals surface area contributed by atoms with Crippen LogP contribution in [0.2, 0.25) is 0 Å². The van der Waals surface area contributed by atoms with Crippen LogP contribution in [0.4, 0.5) is 10.5 Å². The monoisotopic (exact) mass is 419 g/mol. The first kappa shape index (κ1) is 21.6. The molecule has 0 spiro atoms. The highest BCUT2D eigenvalue weighted by molar-refractivity contribution is 5.94. The van der Waals surface area contributed by atoms with E-state index in [1.54, 1.807) is 36.4 Å². The second-order valence-corrected chi connectivity index (χ2v) is 6.73. The van der Waals surface area contributed by atoms with Gasteiger partial charge in [0, 0.05) is 5.56 Å². The molecular weight excluding hydrogens is 398 g/mol. The Balaban J connectivity index is 1.84. The van der Waals surface area contributed by atoms with Gasteiger partial charge in [0.25, 0.3) is 0 Å². The predicted molar refractivity (Wildman–Crippen MR) is 114 cm³/mol. The van der Waals surface area contributed by atoms with E-state index in [1.165, 1.54) is 19.1 Å². The summed E-state index contributed by atoms with van der Waals surface area (Å²) in [6.07, 6.45) is -0.763. The molecule has 0 aliphatic rings. The summed E-state index contributed by atoms with van der Waals surface area (Å²) in [6.45, 7) is 1.52. The number of para-hydroxylation sites is 1. The van der Waals surface area contributed by atoms with Crippen LogP contribution in [0.1, 0.15) is 34.3 Å². The van der Waals surface area contributed by atoms with Gasteiger partial charge in [-0.3, -0.25) is 10.1 Å². The molecule has 0 fully saturated rings. The van der Waals surface area contributed by atoms with E-state index in [0.717, 1.165) is 5.56 Å². The molecule has 3 aromatic carbocycles. The Morgan fingerprint density at radius 2 is 1.55 bits per heavy atom. The van der Waals surface area contributed by atoms with E-state index in [1.807, 2.05) is 30.3 Å². The Hall–Kier alpha value is -4.13. The van der Waals surface area contributed by atoms with Gasteiger partial charge < -0.3 is 14.6 Å². The topological polar surface area (TPSA) is 102 Å². The Morgan fingerprint density at radius 1 is 0.903 bits per heavy atom. The molecule has 7 nitrogen and oxygen atoms in total. The molecule has 31 heavy (non-hydrogen) atoms. The minimum Gasteiger partial charge on any atom is -0.481 e. The second-order valence-electron chi connectivity index (χ2n) is 6.73. The highest BCUT2D eigenvalue weighted by Crippen LogP contribution is 2.35. The second kappa shape index (κ2) is 10.1. The Kier molecular flexibility index (Phi) is 7.01. The number of ether oxygens (including phenoxy) is 2. The molecular formula is C24H21NO6. The lowest BCUT2D eigenvalue weighted by atomic mass is 9.99. The number of nitrogens with one attached hydrogen (secondary N) is 1. The van der Waals surface area contributed by atoms with Gasteiger partial charge in [0.05, 0.1) is 17.2 Å². The molecule has 0 radical (unpaired) electrons. The van der Waals surface area contributed by atoms with E-state index in [2.05, 4.69) is 5.32 Å². The summed E-state index contributed by atoms with van der Waals surface area (Å²) in [4.78, 5) is 36.5. The number of carbonyl (C=O) groups excluding carboxylic acids is 2. The lowest BCUT2D eigenvalue weighted by Crippen LogP contribution is -2.18. The molecule has 0 saturated heterocycles. The van der Waals surface area contributed by atoms with Crippen molar-refractivity contribution in [2.75, 3.05) is 5.32 Å². The van der Waals surface area contributed by atoms with Crippen LogP contribution in [0, 0.1) is 0 Å². The van der Waals surface area contributed by atoms with Crippen LogP contribution >= 0.6 is 0 Å². The highest BCUT2D eigenvalue weighted by Gasteiger charge is 2.24. The Labute approximate surface area is 179 Å². The summed E-state index contributed by atoms with van der Waals surface area (Å²) < 4.78 is 10.7. The molecule has 7 heteroatoms.